The van der Waals surface area contributed by atoms with Crippen LogP contribution in [0.3, 0.4) is 0 Å². The molecule has 2 heterocycles. The first-order valence-electron chi connectivity index (χ1n) is 8.13. The molecule has 0 spiro atoms. The number of nitrogens with one attached hydrogen (secondary N) is 2. The van der Waals surface area contributed by atoms with Crippen molar-refractivity contribution in [2.24, 2.45) is 0 Å². The molecule has 0 amide bonds. The highest BCUT2D eigenvalue weighted by molar-refractivity contribution is 6.36. The molecule has 0 atom stereocenters. The zero-order valence-electron chi connectivity index (χ0n) is 14.2. The molecule has 0 aliphatic carbocycles. The zero-order chi connectivity index (χ0) is 19.1. The van der Waals surface area contributed by atoms with Crippen LogP contribution in [0.2, 0.25) is 10.0 Å². The molecule has 2 N–H and O–H groups in total. The number of imidazole rings is 1. The van der Waals surface area contributed by atoms with Crippen LogP contribution >= 0.6 is 23.2 Å². The highest BCUT2D eigenvalue weighted by Crippen LogP contribution is 2.27. The van der Waals surface area contributed by atoms with Gasteiger partial charge in [0.2, 0.25) is 0 Å². The van der Waals surface area contributed by atoms with Crippen molar-refractivity contribution in [1.82, 2.24) is 19.5 Å². The Morgan fingerprint density at radius 2 is 1.93 bits per heavy atom. The Morgan fingerprint density at radius 1 is 1.19 bits per heavy atom. The fourth-order valence-electron chi connectivity index (χ4n) is 2.97. The van der Waals surface area contributed by atoms with Gasteiger partial charge in [-0.1, -0.05) is 29.3 Å². The van der Waals surface area contributed by atoms with Gasteiger partial charge in [0, 0.05) is 21.2 Å². The summed E-state index contributed by atoms with van der Waals surface area (Å²) >= 11 is 12.6. The predicted octanol–water partition coefficient (Wildman–Crippen LogP) is 4.71. The maximum absolute atomic E-state index is 13.4. The van der Waals surface area contributed by atoms with E-state index in [1.165, 1.54) is 18.5 Å². The van der Waals surface area contributed by atoms with Crippen LogP contribution in [0.15, 0.2) is 42.7 Å². The Labute approximate surface area is 163 Å². The topological polar surface area (TPSA) is 70.3 Å². The highest BCUT2D eigenvalue weighted by Gasteiger charge is 2.14. The van der Waals surface area contributed by atoms with Gasteiger partial charge in [0.15, 0.2) is 11.1 Å². The lowest BCUT2D eigenvalue weighted by Crippen LogP contribution is -2.13. The summed E-state index contributed by atoms with van der Waals surface area (Å²) in [5, 5.41) is 9.17. The standard InChI is InChI=1S/C19H14Cl2FN5/c1-10-7-11(22)5-6-12(10)18-25-16-17(23)24-9-27(19(16)26-18)8-13-14(20)3-2-4-15(13)21/h2-7,9,23H,8H2,1H3,(H,25,26). The Hall–Kier alpha value is -2.70. The third kappa shape index (κ3) is 3.22. The van der Waals surface area contributed by atoms with Gasteiger partial charge in [0.05, 0.1) is 12.9 Å². The summed E-state index contributed by atoms with van der Waals surface area (Å²) in [6, 6.07) is 9.81. The molecule has 0 saturated carbocycles. The minimum Gasteiger partial charge on any atom is -0.334 e. The summed E-state index contributed by atoms with van der Waals surface area (Å²) in [5.41, 5.74) is 3.35. The number of nitrogens with zero attached hydrogens (tertiary/aromatic N) is 3. The number of hydrogen-bond acceptors (Lipinski definition) is 3. The van der Waals surface area contributed by atoms with Crippen molar-refractivity contribution >= 4 is 34.4 Å². The average Bonchev–Trinajstić information content (AvgIpc) is 3.06. The molecule has 2 aromatic carbocycles. The number of rotatable bonds is 3. The SMILES string of the molecule is Cc1cc(F)ccc1-c1nc2c([nH]1)c(=N)ncn2Cc1c(Cl)cccc1Cl. The van der Waals surface area contributed by atoms with Gasteiger partial charge in [-0.2, -0.15) is 0 Å². The molecule has 4 aromatic rings. The number of aryl methyl sites for hydroxylation is 1. The van der Waals surface area contributed by atoms with Crippen molar-refractivity contribution in [2.75, 3.05) is 0 Å². The maximum Gasteiger partial charge on any atom is 0.173 e. The fourth-order valence-corrected chi connectivity index (χ4v) is 3.49. The first-order chi connectivity index (χ1) is 12.9. The normalized spacial score (nSPS) is 11.3. The summed E-state index contributed by atoms with van der Waals surface area (Å²) in [6.45, 7) is 2.16. The van der Waals surface area contributed by atoms with Crippen LogP contribution in [-0.4, -0.2) is 19.5 Å². The second-order valence-corrected chi connectivity index (χ2v) is 6.98. The Kier molecular flexibility index (Phi) is 4.45. The lowest BCUT2D eigenvalue weighted by Gasteiger charge is -2.10. The van der Waals surface area contributed by atoms with Gasteiger partial charge in [-0.3, -0.25) is 5.41 Å². The molecule has 2 aromatic heterocycles. The molecule has 0 saturated heterocycles. The van der Waals surface area contributed by atoms with Crippen LogP contribution in [-0.2, 0) is 6.54 Å². The van der Waals surface area contributed by atoms with Gasteiger partial charge >= 0.3 is 0 Å². The van der Waals surface area contributed by atoms with Crippen molar-refractivity contribution in [3.05, 3.63) is 75.2 Å². The second-order valence-electron chi connectivity index (χ2n) is 6.16. The van der Waals surface area contributed by atoms with Crippen molar-refractivity contribution < 1.29 is 4.39 Å². The Balaban J connectivity index is 1.87. The number of H-pyrrole nitrogens is 1. The van der Waals surface area contributed by atoms with Gasteiger partial charge in [0.1, 0.15) is 17.2 Å². The zero-order valence-corrected chi connectivity index (χ0v) is 15.7. The number of hydrogen-bond donors (Lipinski definition) is 2. The third-order valence-corrected chi connectivity index (χ3v) is 5.06. The van der Waals surface area contributed by atoms with Crippen LogP contribution in [0.4, 0.5) is 4.39 Å². The van der Waals surface area contributed by atoms with Crippen LogP contribution in [0.25, 0.3) is 22.6 Å². The third-order valence-electron chi connectivity index (χ3n) is 4.35. The van der Waals surface area contributed by atoms with E-state index in [0.29, 0.717) is 33.6 Å². The van der Waals surface area contributed by atoms with Crippen molar-refractivity contribution in [3.8, 4) is 11.4 Å². The Morgan fingerprint density at radius 3 is 2.63 bits per heavy atom. The number of benzene rings is 2. The van der Waals surface area contributed by atoms with Gasteiger partial charge in [-0.15, -0.1) is 0 Å². The largest absolute Gasteiger partial charge is 0.334 e. The molecule has 27 heavy (non-hydrogen) atoms. The molecular formula is C19H14Cl2FN5. The van der Waals surface area contributed by atoms with Gasteiger partial charge in [0.25, 0.3) is 0 Å². The lowest BCUT2D eigenvalue weighted by atomic mass is 10.1. The monoisotopic (exact) mass is 401 g/mol. The summed E-state index contributed by atoms with van der Waals surface area (Å²) in [7, 11) is 0. The van der Waals surface area contributed by atoms with Gasteiger partial charge < -0.3 is 9.55 Å². The molecule has 0 radical (unpaired) electrons. The van der Waals surface area contributed by atoms with E-state index in [2.05, 4.69) is 15.0 Å². The fraction of sp³-hybridized carbons (Fsp3) is 0.105. The first kappa shape index (κ1) is 17.7. The molecule has 0 unspecified atom stereocenters. The van der Waals surface area contributed by atoms with Crippen LogP contribution in [0.1, 0.15) is 11.1 Å². The van der Waals surface area contributed by atoms with Crippen molar-refractivity contribution in [3.63, 3.8) is 0 Å². The molecule has 0 aliphatic rings. The quantitative estimate of drug-likeness (QED) is 0.521. The molecule has 5 nitrogen and oxygen atoms in total. The van der Waals surface area contributed by atoms with E-state index in [-0.39, 0.29) is 11.3 Å². The molecule has 8 heteroatoms. The molecule has 0 aliphatic heterocycles. The summed E-state index contributed by atoms with van der Waals surface area (Å²) in [6.07, 6.45) is 1.53. The molecule has 0 fully saturated rings. The van der Waals surface area contributed by atoms with E-state index < -0.39 is 0 Å². The number of halogens is 3. The van der Waals surface area contributed by atoms with E-state index in [1.807, 2.05) is 6.92 Å². The summed E-state index contributed by atoms with van der Waals surface area (Å²) in [4.78, 5) is 11.9. The van der Waals surface area contributed by atoms with Crippen LogP contribution in [0, 0.1) is 18.2 Å². The second kappa shape index (κ2) is 6.79. The van der Waals surface area contributed by atoms with E-state index in [9.17, 15) is 4.39 Å². The molecular weight excluding hydrogens is 388 g/mol. The molecule has 0 bridgehead atoms. The van der Waals surface area contributed by atoms with E-state index >= 15 is 0 Å². The van der Waals surface area contributed by atoms with Crippen LogP contribution < -0.4 is 5.49 Å². The average molecular weight is 402 g/mol. The number of aromatic nitrogens is 4. The smallest absolute Gasteiger partial charge is 0.173 e. The van der Waals surface area contributed by atoms with Crippen LogP contribution in [0.5, 0.6) is 0 Å². The summed E-state index contributed by atoms with van der Waals surface area (Å²) < 4.78 is 15.2. The number of fused-ring (bicyclic) bond motifs is 1. The van der Waals surface area contributed by atoms with E-state index in [1.54, 1.807) is 28.8 Å². The minimum absolute atomic E-state index is 0.0741. The van der Waals surface area contributed by atoms with E-state index in [0.717, 1.165) is 16.7 Å². The van der Waals surface area contributed by atoms with Crippen molar-refractivity contribution in [2.45, 2.75) is 13.5 Å². The lowest BCUT2D eigenvalue weighted by molar-refractivity contribution is 0.627. The number of aromatic amines is 1. The van der Waals surface area contributed by atoms with Gasteiger partial charge in [-0.05, 0) is 42.8 Å². The molecule has 136 valence electrons. The summed E-state index contributed by atoms with van der Waals surface area (Å²) in [5.74, 6) is 0.238. The highest BCUT2D eigenvalue weighted by atomic mass is 35.5. The maximum atomic E-state index is 13.4. The minimum atomic E-state index is -0.307. The molecule has 4 rings (SSSR count). The van der Waals surface area contributed by atoms with Crippen molar-refractivity contribution in [1.29, 1.82) is 5.41 Å². The predicted molar refractivity (Wildman–Crippen MR) is 103 cm³/mol. The first-order valence-corrected chi connectivity index (χ1v) is 8.89. The van der Waals surface area contributed by atoms with Gasteiger partial charge in [-0.25, -0.2) is 14.4 Å². The Bertz CT molecular complexity index is 1210. The van der Waals surface area contributed by atoms with E-state index in [4.69, 9.17) is 28.6 Å².